The number of hydrogen-bond acceptors (Lipinski definition) is 4. The molecule has 1 aromatic heterocycles. The van der Waals surface area contributed by atoms with Crippen LogP contribution in [0.4, 0.5) is 0 Å². The van der Waals surface area contributed by atoms with E-state index >= 15 is 0 Å². The van der Waals surface area contributed by atoms with Crippen molar-refractivity contribution >= 4 is 10.8 Å². The van der Waals surface area contributed by atoms with Crippen LogP contribution in [-0.4, -0.2) is 22.6 Å². The van der Waals surface area contributed by atoms with Gasteiger partial charge in [0.05, 0.1) is 12.8 Å². The van der Waals surface area contributed by atoms with Crippen molar-refractivity contribution in [2.45, 2.75) is 19.6 Å². The minimum Gasteiger partial charge on any atom is -0.497 e. The van der Waals surface area contributed by atoms with Gasteiger partial charge < -0.3 is 19.3 Å². The quantitative estimate of drug-likeness (QED) is 0.781. The average molecular weight is 311 g/mol. The van der Waals surface area contributed by atoms with E-state index in [1.54, 1.807) is 11.7 Å². The van der Waals surface area contributed by atoms with Gasteiger partial charge in [-0.05, 0) is 30.3 Å². The van der Waals surface area contributed by atoms with Crippen molar-refractivity contribution in [3.8, 4) is 28.8 Å². The fourth-order valence-corrected chi connectivity index (χ4v) is 2.86. The third-order valence-electron chi connectivity index (χ3n) is 3.91. The summed E-state index contributed by atoms with van der Waals surface area (Å²) in [4.78, 5) is 0. The highest BCUT2D eigenvalue weighted by Crippen LogP contribution is 2.41. The molecule has 1 aliphatic rings. The summed E-state index contributed by atoms with van der Waals surface area (Å²) in [7, 11) is 1.61. The van der Waals surface area contributed by atoms with Crippen molar-refractivity contribution in [3.63, 3.8) is 0 Å². The molecule has 0 atom stereocenters. The number of methoxy groups -OCH3 is 1. The fourth-order valence-electron chi connectivity index (χ4n) is 2.86. The lowest BCUT2D eigenvalue weighted by Crippen LogP contribution is -2.29. The summed E-state index contributed by atoms with van der Waals surface area (Å²) in [5.74, 6) is 1.58. The van der Waals surface area contributed by atoms with Crippen LogP contribution in [0.5, 0.6) is 23.1 Å². The smallest absolute Gasteiger partial charge is 0.246 e. The van der Waals surface area contributed by atoms with Crippen LogP contribution >= 0.6 is 0 Å². The number of rotatable bonds is 2. The predicted octanol–water partition coefficient (Wildman–Crippen LogP) is 3.85. The van der Waals surface area contributed by atoms with Crippen molar-refractivity contribution in [1.82, 2.24) is 4.57 Å². The first-order chi connectivity index (χ1) is 11.0. The Bertz CT molecular complexity index is 911. The molecule has 0 aliphatic carbocycles. The molecule has 0 amide bonds. The second-order valence-electron chi connectivity index (χ2n) is 6.01. The lowest BCUT2D eigenvalue weighted by molar-refractivity contribution is -0.0431. The lowest BCUT2D eigenvalue weighted by atomic mass is 10.2. The maximum absolute atomic E-state index is 10.5. The molecule has 0 unspecified atom stereocenters. The van der Waals surface area contributed by atoms with Crippen molar-refractivity contribution in [1.29, 1.82) is 0 Å². The Morgan fingerprint density at radius 2 is 1.83 bits per heavy atom. The zero-order chi connectivity index (χ0) is 16.2. The van der Waals surface area contributed by atoms with E-state index in [0.29, 0.717) is 17.2 Å². The van der Waals surface area contributed by atoms with E-state index < -0.39 is 5.79 Å². The third kappa shape index (κ3) is 2.16. The Morgan fingerprint density at radius 1 is 1.04 bits per heavy atom. The Morgan fingerprint density at radius 3 is 2.61 bits per heavy atom. The molecule has 5 nitrogen and oxygen atoms in total. The molecule has 0 saturated carbocycles. The first-order valence-corrected chi connectivity index (χ1v) is 7.37. The number of aromatic hydroxyl groups is 1. The molecule has 3 aromatic rings. The fraction of sp³-hybridized carbons (Fsp3) is 0.222. The first-order valence-electron chi connectivity index (χ1n) is 7.37. The number of fused-ring (bicyclic) bond motifs is 2. The molecular formula is C18H17NO4. The first kappa shape index (κ1) is 13.8. The normalized spacial score (nSPS) is 15.1. The van der Waals surface area contributed by atoms with Gasteiger partial charge in [-0.2, -0.15) is 0 Å². The van der Waals surface area contributed by atoms with Crippen molar-refractivity contribution < 1.29 is 19.3 Å². The van der Waals surface area contributed by atoms with Crippen molar-refractivity contribution in [2.75, 3.05) is 7.11 Å². The van der Waals surface area contributed by atoms with Crippen LogP contribution in [0.1, 0.15) is 13.8 Å². The number of hydrogen-bond donors (Lipinski definition) is 1. The van der Waals surface area contributed by atoms with Gasteiger partial charge in [0.2, 0.25) is 11.7 Å². The van der Waals surface area contributed by atoms with Crippen LogP contribution in [0.2, 0.25) is 0 Å². The molecule has 0 spiro atoms. The summed E-state index contributed by atoms with van der Waals surface area (Å²) < 4.78 is 18.4. The molecular weight excluding hydrogens is 294 g/mol. The summed E-state index contributed by atoms with van der Waals surface area (Å²) in [5, 5.41) is 12.2. The Balaban J connectivity index is 1.83. The molecule has 2 heterocycles. The number of benzene rings is 2. The highest BCUT2D eigenvalue weighted by Gasteiger charge is 2.31. The summed E-state index contributed by atoms with van der Waals surface area (Å²) in [6, 6.07) is 11.2. The molecule has 0 radical (unpaired) electrons. The Kier molecular flexibility index (Phi) is 2.75. The summed E-state index contributed by atoms with van der Waals surface area (Å²) >= 11 is 0. The topological polar surface area (TPSA) is 52.9 Å². The van der Waals surface area contributed by atoms with Crippen LogP contribution < -0.4 is 14.2 Å². The molecule has 23 heavy (non-hydrogen) atoms. The third-order valence-corrected chi connectivity index (χ3v) is 3.91. The lowest BCUT2D eigenvalue weighted by Gasteiger charge is -2.16. The van der Waals surface area contributed by atoms with Crippen molar-refractivity contribution in [3.05, 3.63) is 42.6 Å². The van der Waals surface area contributed by atoms with Gasteiger partial charge in [-0.3, -0.25) is 4.57 Å². The van der Waals surface area contributed by atoms with Crippen LogP contribution in [0.15, 0.2) is 42.6 Å². The zero-order valence-electron chi connectivity index (χ0n) is 13.2. The van der Waals surface area contributed by atoms with E-state index in [-0.39, 0.29) is 5.88 Å². The molecule has 118 valence electrons. The summed E-state index contributed by atoms with van der Waals surface area (Å²) in [5.41, 5.74) is 0.803. The van der Waals surface area contributed by atoms with E-state index in [4.69, 9.17) is 14.2 Å². The van der Waals surface area contributed by atoms with Crippen LogP contribution in [0.3, 0.4) is 0 Å². The van der Waals surface area contributed by atoms with Crippen LogP contribution in [-0.2, 0) is 0 Å². The standard InChI is InChI=1S/C18H17NO4/c1-18(2)22-15-7-5-12(8-16(15)23-18)19-10-11-4-6-13(21-3)9-14(11)17(19)20/h4-10,20H,1-3H3. The minimum atomic E-state index is -0.669. The molecule has 2 aromatic carbocycles. The molecule has 0 bridgehead atoms. The predicted molar refractivity (Wildman–Crippen MR) is 86.8 cm³/mol. The van der Waals surface area contributed by atoms with E-state index in [0.717, 1.165) is 16.5 Å². The molecule has 0 fully saturated rings. The molecule has 1 aliphatic heterocycles. The molecule has 4 rings (SSSR count). The number of ether oxygens (including phenoxy) is 3. The summed E-state index contributed by atoms with van der Waals surface area (Å²) in [6.45, 7) is 3.72. The van der Waals surface area contributed by atoms with Crippen LogP contribution in [0, 0.1) is 0 Å². The van der Waals surface area contributed by atoms with Gasteiger partial charge in [-0.1, -0.05) is 0 Å². The molecule has 5 heteroatoms. The maximum Gasteiger partial charge on any atom is 0.246 e. The van der Waals surface area contributed by atoms with E-state index in [1.165, 1.54) is 0 Å². The van der Waals surface area contributed by atoms with Crippen molar-refractivity contribution in [2.24, 2.45) is 0 Å². The Labute approximate surface area is 133 Å². The van der Waals surface area contributed by atoms with Gasteiger partial charge in [0, 0.05) is 36.9 Å². The maximum atomic E-state index is 10.5. The molecule has 1 N–H and O–H groups in total. The second-order valence-corrected chi connectivity index (χ2v) is 6.01. The van der Waals surface area contributed by atoms with E-state index in [1.807, 2.05) is 56.4 Å². The van der Waals surface area contributed by atoms with Crippen LogP contribution in [0.25, 0.3) is 16.5 Å². The Hall–Kier alpha value is -2.82. The highest BCUT2D eigenvalue weighted by atomic mass is 16.7. The van der Waals surface area contributed by atoms with Gasteiger partial charge in [-0.15, -0.1) is 0 Å². The van der Waals surface area contributed by atoms with Gasteiger partial charge in [0.25, 0.3) is 0 Å². The minimum absolute atomic E-state index is 0.164. The van der Waals surface area contributed by atoms with E-state index in [2.05, 4.69) is 0 Å². The number of aromatic nitrogens is 1. The largest absolute Gasteiger partial charge is 0.497 e. The monoisotopic (exact) mass is 311 g/mol. The highest BCUT2D eigenvalue weighted by molar-refractivity contribution is 5.90. The van der Waals surface area contributed by atoms with Gasteiger partial charge in [0.15, 0.2) is 11.5 Å². The second kappa shape index (κ2) is 4.59. The molecule has 0 saturated heterocycles. The number of nitrogens with zero attached hydrogens (tertiary/aromatic N) is 1. The van der Waals surface area contributed by atoms with E-state index in [9.17, 15) is 5.11 Å². The van der Waals surface area contributed by atoms with Gasteiger partial charge in [0.1, 0.15) is 5.75 Å². The SMILES string of the molecule is COc1ccc2cn(-c3ccc4c(c3)OC(C)(C)O4)c(O)c2c1. The van der Waals surface area contributed by atoms with Gasteiger partial charge >= 0.3 is 0 Å². The van der Waals surface area contributed by atoms with Gasteiger partial charge in [-0.25, -0.2) is 0 Å². The summed E-state index contributed by atoms with van der Waals surface area (Å²) in [6.07, 6.45) is 1.88. The zero-order valence-corrected chi connectivity index (χ0v) is 13.2. The average Bonchev–Trinajstić information content (AvgIpc) is 3.01.